The quantitative estimate of drug-likeness (QED) is 0.692. The molecule has 1 aromatic rings. The summed E-state index contributed by atoms with van der Waals surface area (Å²) in [7, 11) is 5.71. The van der Waals surface area contributed by atoms with Crippen molar-refractivity contribution in [1.82, 2.24) is 5.32 Å². The molecule has 0 bridgehead atoms. The van der Waals surface area contributed by atoms with Crippen LogP contribution in [0.15, 0.2) is 12.1 Å². The van der Waals surface area contributed by atoms with Gasteiger partial charge in [0, 0.05) is 25.1 Å². The lowest BCUT2D eigenvalue weighted by Crippen LogP contribution is -2.52. The zero-order chi connectivity index (χ0) is 21.1. The Kier molecular flexibility index (Phi) is 6.37. The van der Waals surface area contributed by atoms with Gasteiger partial charge in [-0.25, -0.2) is 4.79 Å². The van der Waals surface area contributed by atoms with E-state index in [-0.39, 0.29) is 18.9 Å². The molecular formula is C19H26N2O7. The van der Waals surface area contributed by atoms with Gasteiger partial charge in [-0.3, -0.25) is 9.59 Å². The van der Waals surface area contributed by atoms with E-state index < -0.39 is 23.3 Å². The number of esters is 1. The standard InChI is InChI=1S/C19H26N2O7/c1-19(2,18(24)28-6)20-17(23)11-7-15(22)21(10-11)12-8-13(25-3)16(27-5)14(9-12)26-4/h8-9,11H,7,10H2,1-6H3,(H,20,23). The Bertz CT molecular complexity index is 751. The highest BCUT2D eigenvalue weighted by atomic mass is 16.5. The number of ether oxygens (including phenoxy) is 4. The SMILES string of the molecule is COC(=O)C(C)(C)NC(=O)C1CC(=O)N(c2cc(OC)c(OC)c(OC)c2)C1. The van der Waals surface area contributed by atoms with Crippen LogP contribution in [0.25, 0.3) is 0 Å². The number of hydrogen-bond acceptors (Lipinski definition) is 7. The van der Waals surface area contributed by atoms with Gasteiger partial charge < -0.3 is 29.2 Å². The van der Waals surface area contributed by atoms with Crippen LogP contribution in [0.2, 0.25) is 0 Å². The van der Waals surface area contributed by atoms with E-state index in [2.05, 4.69) is 5.32 Å². The number of carbonyl (C=O) groups is 3. The topological polar surface area (TPSA) is 103 Å². The first kappa shape index (κ1) is 21.3. The first-order chi connectivity index (χ1) is 13.2. The van der Waals surface area contributed by atoms with Crippen molar-refractivity contribution in [2.75, 3.05) is 39.9 Å². The molecule has 0 saturated carbocycles. The van der Waals surface area contributed by atoms with Crippen LogP contribution in [0.5, 0.6) is 17.2 Å². The molecule has 0 aromatic heterocycles. The number of nitrogens with zero attached hydrogens (tertiary/aromatic N) is 1. The Morgan fingerprint density at radius 3 is 2.11 bits per heavy atom. The highest BCUT2D eigenvalue weighted by molar-refractivity contribution is 6.01. The van der Waals surface area contributed by atoms with E-state index in [9.17, 15) is 14.4 Å². The third kappa shape index (κ3) is 4.13. The molecule has 1 heterocycles. The van der Waals surface area contributed by atoms with Gasteiger partial charge in [-0.2, -0.15) is 0 Å². The van der Waals surface area contributed by atoms with Gasteiger partial charge in [0.05, 0.1) is 40.0 Å². The van der Waals surface area contributed by atoms with Gasteiger partial charge in [0.15, 0.2) is 11.5 Å². The molecule has 9 heteroatoms. The van der Waals surface area contributed by atoms with Crippen molar-refractivity contribution >= 4 is 23.5 Å². The maximum Gasteiger partial charge on any atom is 0.330 e. The molecule has 1 aliphatic rings. The molecule has 1 fully saturated rings. The first-order valence-corrected chi connectivity index (χ1v) is 8.69. The summed E-state index contributed by atoms with van der Waals surface area (Å²) in [5.74, 6) is -0.547. The van der Waals surface area contributed by atoms with Gasteiger partial charge in [0.25, 0.3) is 0 Å². The summed E-state index contributed by atoms with van der Waals surface area (Å²) in [6.45, 7) is 3.26. The minimum absolute atomic E-state index is 0.0275. The van der Waals surface area contributed by atoms with Crippen molar-refractivity contribution in [2.45, 2.75) is 25.8 Å². The lowest BCUT2D eigenvalue weighted by Gasteiger charge is -2.25. The van der Waals surface area contributed by atoms with Crippen LogP contribution in [-0.4, -0.2) is 58.3 Å². The Morgan fingerprint density at radius 1 is 1.07 bits per heavy atom. The van der Waals surface area contributed by atoms with E-state index in [0.717, 1.165) is 0 Å². The van der Waals surface area contributed by atoms with E-state index in [1.165, 1.54) is 33.3 Å². The minimum Gasteiger partial charge on any atom is -0.493 e. The Labute approximate surface area is 163 Å². The van der Waals surface area contributed by atoms with Crippen molar-refractivity contribution in [3.8, 4) is 17.2 Å². The lowest BCUT2D eigenvalue weighted by atomic mass is 10.0. The van der Waals surface area contributed by atoms with E-state index in [4.69, 9.17) is 18.9 Å². The van der Waals surface area contributed by atoms with E-state index in [1.807, 2.05) is 0 Å². The molecule has 2 rings (SSSR count). The summed E-state index contributed by atoms with van der Waals surface area (Å²) in [6, 6.07) is 3.30. The highest BCUT2D eigenvalue weighted by Crippen LogP contribution is 2.42. The molecule has 1 atom stereocenters. The molecule has 1 unspecified atom stereocenters. The average molecular weight is 394 g/mol. The number of methoxy groups -OCH3 is 4. The number of nitrogens with one attached hydrogen (secondary N) is 1. The molecular weight excluding hydrogens is 368 g/mol. The molecule has 1 saturated heterocycles. The highest BCUT2D eigenvalue weighted by Gasteiger charge is 2.39. The van der Waals surface area contributed by atoms with Gasteiger partial charge in [0.2, 0.25) is 17.6 Å². The Balaban J connectivity index is 2.23. The van der Waals surface area contributed by atoms with Crippen molar-refractivity contribution in [3.05, 3.63) is 12.1 Å². The maximum atomic E-state index is 12.6. The summed E-state index contributed by atoms with van der Waals surface area (Å²) >= 11 is 0. The summed E-state index contributed by atoms with van der Waals surface area (Å²) in [5.41, 5.74) is -0.656. The van der Waals surface area contributed by atoms with Crippen LogP contribution in [0.4, 0.5) is 5.69 Å². The van der Waals surface area contributed by atoms with Gasteiger partial charge in [-0.05, 0) is 13.8 Å². The van der Waals surface area contributed by atoms with Crippen molar-refractivity contribution in [2.24, 2.45) is 5.92 Å². The van der Waals surface area contributed by atoms with Crippen LogP contribution in [0.3, 0.4) is 0 Å². The van der Waals surface area contributed by atoms with Crippen LogP contribution in [-0.2, 0) is 19.1 Å². The Morgan fingerprint density at radius 2 is 1.64 bits per heavy atom. The molecule has 154 valence electrons. The monoisotopic (exact) mass is 394 g/mol. The summed E-state index contributed by atoms with van der Waals surface area (Å²) in [6.07, 6.45) is 0.0275. The second-order valence-corrected chi connectivity index (χ2v) is 6.89. The van der Waals surface area contributed by atoms with Crippen LogP contribution in [0.1, 0.15) is 20.3 Å². The summed E-state index contributed by atoms with van der Waals surface area (Å²) in [4.78, 5) is 38.4. The molecule has 1 N–H and O–H groups in total. The van der Waals surface area contributed by atoms with Crippen molar-refractivity contribution in [1.29, 1.82) is 0 Å². The number of benzene rings is 1. The number of anilines is 1. The maximum absolute atomic E-state index is 12.6. The summed E-state index contributed by atoms with van der Waals surface area (Å²) < 4.78 is 20.6. The zero-order valence-electron chi connectivity index (χ0n) is 17.0. The van der Waals surface area contributed by atoms with Crippen molar-refractivity contribution in [3.63, 3.8) is 0 Å². The number of rotatable bonds is 7. The minimum atomic E-state index is -1.19. The van der Waals surface area contributed by atoms with Gasteiger partial charge in [-0.1, -0.05) is 0 Å². The second-order valence-electron chi connectivity index (χ2n) is 6.89. The fraction of sp³-hybridized carbons (Fsp3) is 0.526. The normalized spacial score (nSPS) is 16.6. The van der Waals surface area contributed by atoms with E-state index in [0.29, 0.717) is 22.9 Å². The molecule has 9 nitrogen and oxygen atoms in total. The smallest absolute Gasteiger partial charge is 0.330 e. The van der Waals surface area contributed by atoms with Crippen LogP contribution >= 0.6 is 0 Å². The number of amides is 2. The van der Waals surface area contributed by atoms with Gasteiger partial charge >= 0.3 is 5.97 Å². The van der Waals surface area contributed by atoms with Crippen LogP contribution < -0.4 is 24.4 Å². The third-order valence-electron chi connectivity index (χ3n) is 4.59. The number of hydrogen-bond donors (Lipinski definition) is 1. The largest absolute Gasteiger partial charge is 0.493 e. The molecule has 28 heavy (non-hydrogen) atoms. The molecule has 2 amide bonds. The summed E-state index contributed by atoms with van der Waals surface area (Å²) in [5, 5.41) is 2.64. The Hall–Kier alpha value is -2.97. The lowest BCUT2D eigenvalue weighted by molar-refractivity contribution is -0.149. The molecule has 0 radical (unpaired) electrons. The van der Waals surface area contributed by atoms with E-state index >= 15 is 0 Å². The third-order valence-corrected chi connectivity index (χ3v) is 4.59. The second kappa shape index (κ2) is 8.37. The van der Waals surface area contributed by atoms with Crippen LogP contribution in [0, 0.1) is 5.92 Å². The van der Waals surface area contributed by atoms with Gasteiger partial charge in [0.1, 0.15) is 5.54 Å². The van der Waals surface area contributed by atoms with Gasteiger partial charge in [-0.15, -0.1) is 0 Å². The van der Waals surface area contributed by atoms with E-state index in [1.54, 1.807) is 26.0 Å². The zero-order valence-corrected chi connectivity index (χ0v) is 17.0. The number of carbonyl (C=O) groups excluding carboxylic acids is 3. The fourth-order valence-electron chi connectivity index (χ4n) is 3.07. The average Bonchev–Trinajstić information content (AvgIpc) is 3.07. The fourth-order valence-corrected chi connectivity index (χ4v) is 3.07. The molecule has 1 aromatic carbocycles. The molecule has 0 spiro atoms. The predicted molar refractivity (Wildman–Crippen MR) is 101 cm³/mol. The van der Waals surface area contributed by atoms with Crippen molar-refractivity contribution < 1.29 is 33.3 Å². The molecule has 1 aliphatic heterocycles. The molecule has 0 aliphatic carbocycles. The predicted octanol–water partition coefficient (Wildman–Crippen LogP) is 1.13. The first-order valence-electron chi connectivity index (χ1n) is 8.69.